The molecular formula is C21H20N2O3. The number of nitrogens with one attached hydrogen (secondary N) is 2. The van der Waals surface area contributed by atoms with Gasteiger partial charge in [0.25, 0.3) is 5.91 Å². The molecule has 3 rings (SSSR count). The number of amides is 2. The molecular weight excluding hydrogens is 328 g/mol. The molecule has 0 bridgehead atoms. The van der Waals surface area contributed by atoms with Gasteiger partial charge in [-0.15, -0.1) is 0 Å². The lowest BCUT2D eigenvalue weighted by Crippen LogP contribution is -2.39. The van der Waals surface area contributed by atoms with Crippen molar-refractivity contribution in [2.75, 3.05) is 6.54 Å². The predicted molar refractivity (Wildman–Crippen MR) is 98.6 cm³/mol. The van der Waals surface area contributed by atoms with Crippen molar-refractivity contribution in [3.05, 3.63) is 95.4 Å². The molecule has 0 spiro atoms. The summed E-state index contributed by atoms with van der Waals surface area (Å²) in [6.07, 6.45) is 1.57. The zero-order valence-electron chi connectivity index (χ0n) is 14.4. The minimum absolute atomic E-state index is 0.114. The summed E-state index contributed by atoms with van der Waals surface area (Å²) < 4.78 is 5.46. The normalized spacial score (nSPS) is 11.6. The molecule has 2 amide bonds. The number of hydrogen-bond donors (Lipinski definition) is 2. The number of carbonyl (C=O) groups is 2. The van der Waals surface area contributed by atoms with E-state index in [-0.39, 0.29) is 18.4 Å². The van der Waals surface area contributed by atoms with Gasteiger partial charge in [0.05, 0.1) is 12.8 Å². The van der Waals surface area contributed by atoms with Crippen LogP contribution in [-0.2, 0) is 4.79 Å². The zero-order chi connectivity index (χ0) is 18.4. The third-order valence-corrected chi connectivity index (χ3v) is 3.96. The molecule has 1 aromatic heterocycles. The summed E-state index contributed by atoms with van der Waals surface area (Å²) in [5.74, 6) is 0.0592. The quantitative estimate of drug-likeness (QED) is 0.718. The summed E-state index contributed by atoms with van der Waals surface area (Å²) >= 11 is 0. The van der Waals surface area contributed by atoms with Gasteiger partial charge in [-0.1, -0.05) is 48.0 Å². The largest absolute Gasteiger partial charge is 0.467 e. The van der Waals surface area contributed by atoms with Crippen molar-refractivity contribution in [2.45, 2.75) is 13.0 Å². The summed E-state index contributed by atoms with van der Waals surface area (Å²) in [4.78, 5) is 24.5. The van der Waals surface area contributed by atoms with Crippen molar-refractivity contribution >= 4 is 11.8 Å². The number of hydrogen-bond acceptors (Lipinski definition) is 3. The maximum Gasteiger partial charge on any atom is 0.251 e. The third-order valence-electron chi connectivity index (χ3n) is 3.96. The highest BCUT2D eigenvalue weighted by atomic mass is 16.3. The zero-order valence-corrected chi connectivity index (χ0v) is 14.4. The van der Waals surface area contributed by atoms with Crippen molar-refractivity contribution in [1.82, 2.24) is 10.6 Å². The Labute approximate surface area is 152 Å². The van der Waals surface area contributed by atoms with Crippen LogP contribution < -0.4 is 10.6 Å². The maximum atomic E-state index is 12.4. The monoisotopic (exact) mass is 348 g/mol. The van der Waals surface area contributed by atoms with Gasteiger partial charge in [0, 0.05) is 5.56 Å². The summed E-state index contributed by atoms with van der Waals surface area (Å²) in [6.45, 7) is 1.80. The molecule has 3 aromatic rings. The Morgan fingerprint density at radius 2 is 1.81 bits per heavy atom. The fourth-order valence-corrected chi connectivity index (χ4v) is 2.68. The van der Waals surface area contributed by atoms with E-state index in [0.717, 1.165) is 11.1 Å². The van der Waals surface area contributed by atoms with Gasteiger partial charge in [-0.2, -0.15) is 0 Å². The van der Waals surface area contributed by atoms with E-state index in [1.807, 2.05) is 55.5 Å². The summed E-state index contributed by atoms with van der Waals surface area (Å²) in [5, 5.41) is 5.55. The first-order valence-electron chi connectivity index (χ1n) is 8.36. The van der Waals surface area contributed by atoms with Gasteiger partial charge in [0.2, 0.25) is 5.91 Å². The molecule has 26 heavy (non-hydrogen) atoms. The van der Waals surface area contributed by atoms with Crippen LogP contribution in [0.1, 0.15) is 33.3 Å². The molecule has 5 heteroatoms. The van der Waals surface area contributed by atoms with Crippen LogP contribution >= 0.6 is 0 Å². The number of benzene rings is 2. The molecule has 2 N–H and O–H groups in total. The van der Waals surface area contributed by atoms with Gasteiger partial charge in [0.1, 0.15) is 11.8 Å². The second-order valence-electron chi connectivity index (χ2n) is 5.98. The number of rotatable bonds is 6. The van der Waals surface area contributed by atoms with Crippen LogP contribution in [0.2, 0.25) is 0 Å². The van der Waals surface area contributed by atoms with Crippen LogP contribution in [0.4, 0.5) is 0 Å². The summed E-state index contributed by atoms with van der Waals surface area (Å²) in [7, 11) is 0. The molecule has 0 saturated heterocycles. The molecule has 132 valence electrons. The van der Waals surface area contributed by atoms with Crippen LogP contribution in [-0.4, -0.2) is 18.4 Å². The second-order valence-corrected chi connectivity index (χ2v) is 5.98. The Morgan fingerprint density at radius 1 is 1.00 bits per heavy atom. The van der Waals surface area contributed by atoms with E-state index in [0.29, 0.717) is 11.3 Å². The molecule has 0 aliphatic carbocycles. The van der Waals surface area contributed by atoms with Gasteiger partial charge in [-0.25, -0.2) is 0 Å². The molecule has 0 saturated carbocycles. The highest BCUT2D eigenvalue weighted by Gasteiger charge is 2.19. The van der Waals surface area contributed by atoms with Gasteiger partial charge < -0.3 is 15.1 Å². The highest BCUT2D eigenvalue weighted by molar-refractivity contribution is 5.96. The molecule has 2 aromatic carbocycles. The van der Waals surface area contributed by atoms with Crippen molar-refractivity contribution in [2.24, 2.45) is 0 Å². The van der Waals surface area contributed by atoms with Crippen molar-refractivity contribution in [1.29, 1.82) is 0 Å². The topological polar surface area (TPSA) is 71.3 Å². The van der Waals surface area contributed by atoms with E-state index in [1.54, 1.807) is 24.5 Å². The van der Waals surface area contributed by atoms with Crippen LogP contribution in [0.5, 0.6) is 0 Å². The van der Waals surface area contributed by atoms with Crippen LogP contribution in [0, 0.1) is 6.92 Å². The standard InChI is InChI=1S/C21H20N2O3/c1-15-7-5-10-17(13-15)21(25)22-14-19(24)23-20(18-11-6-12-26-18)16-8-3-2-4-9-16/h2-13,20H,14H2,1H3,(H,22,25)(H,23,24). The Bertz CT molecular complexity index is 873. The van der Waals surface area contributed by atoms with Crippen molar-refractivity contribution < 1.29 is 14.0 Å². The molecule has 5 nitrogen and oxygen atoms in total. The SMILES string of the molecule is Cc1cccc(C(=O)NCC(=O)NC(c2ccccc2)c2ccco2)c1. The Balaban J connectivity index is 1.64. The average Bonchev–Trinajstić information content (AvgIpc) is 3.19. The lowest BCUT2D eigenvalue weighted by atomic mass is 10.0. The number of aryl methyl sites for hydroxylation is 1. The Morgan fingerprint density at radius 3 is 2.50 bits per heavy atom. The molecule has 0 fully saturated rings. The highest BCUT2D eigenvalue weighted by Crippen LogP contribution is 2.22. The molecule has 1 atom stereocenters. The lowest BCUT2D eigenvalue weighted by molar-refractivity contribution is -0.120. The van der Waals surface area contributed by atoms with Gasteiger partial charge in [-0.3, -0.25) is 9.59 Å². The van der Waals surface area contributed by atoms with E-state index in [1.165, 1.54) is 0 Å². The molecule has 0 aliphatic rings. The third kappa shape index (κ3) is 4.39. The van der Waals surface area contributed by atoms with Gasteiger partial charge in [0.15, 0.2) is 0 Å². The fourth-order valence-electron chi connectivity index (χ4n) is 2.68. The van der Waals surface area contributed by atoms with Crippen LogP contribution in [0.15, 0.2) is 77.4 Å². The molecule has 1 heterocycles. The summed E-state index contributed by atoms with van der Waals surface area (Å²) in [6, 6.07) is 19.9. The van der Waals surface area contributed by atoms with E-state index < -0.39 is 6.04 Å². The summed E-state index contributed by atoms with van der Waals surface area (Å²) in [5.41, 5.74) is 2.42. The Hall–Kier alpha value is -3.34. The second kappa shape index (κ2) is 8.16. The minimum atomic E-state index is -0.408. The number of carbonyl (C=O) groups excluding carboxylic acids is 2. The first-order chi connectivity index (χ1) is 12.6. The maximum absolute atomic E-state index is 12.4. The molecule has 0 aliphatic heterocycles. The van der Waals surface area contributed by atoms with Crippen LogP contribution in [0.25, 0.3) is 0 Å². The van der Waals surface area contributed by atoms with E-state index >= 15 is 0 Å². The van der Waals surface area contributed by atoms with Gasteiger partial charge in [-0.05, 0) is 36.8 Å². The average molecular weight is 348 g/mol. The Kier molecular flexibility index (Phi) is 5.49. The predicted octanol–water partition coefficient (Wildman–Crippen LogP) is 3.22. The molecule has 1 unspecified atom stereocenters. The van der Waals surface area contributed by atoms with E-state index in [9.17, 15) is 9.59 Å². The van der Waals surface area contributed by atoms with E-state index in [4.69, 9.17) is 4.42 Å². The fraction of sp³-hybridized carbons (Fsp3) is 0.143. The smallest absolute Gasteiger partial charge is 0.251 e. The lowest BCUT2D eigenvalue weighted by Gasteiger charge is -2.17. The van der Waals surface area contributed by atoms with Crippen molar-refractivity contribution in [3.8, 4) is 0 Å². The van der Waals surface area contributed by atoms with Gasteiger partial charge >= 0.3 is 0 Å². The first-order valence-corrected chi connectivity index (χ1v) is 8.36. The molecule has 0 radical (unpaired) electrons. The van der Waals surface area contributed by atoms with E-state index in [2.05, 4.69) is 10.6 Å². The first kappa shape index (κ1) is 17.5. The minimum Gasteiger partial charge on any atom is -0.467 e. The van der Waals surface area contributed by atoms with Crippen LogP contribution in [0.3, 0.4) is 0 Å². The number of furan rings is 1. The van der Waals surface area contributed by atoms with Crippen molar-refractivity contribution in [3.63, 3.8) is 0 Å².